The second-order valence-corrected chi connectivity index (χ2v) is 14.5. The fourth-order valence-corrected chi connectivity index (χ4v) is 8.46. The van der Waals surface area contributed by atoms with Gasteiger partial charge in [-0.2, -0.15) is 0 Å². The highest BCUT2D eigenvalue weighted by molar-refractivity contribution is 6.14. The lowest BCUT2D eigenvalue weighted by molar-refractivity contribution is 0.670. The van der Waals surface area contributed by atoms with Gasteiger partial charge in [0.25, 0.3) is 0 Å². The maximum absolute atomic E-state index is 6.77. The molecule has 3 heteroatoms. The van der Waals surface area contributed by atoms with Crippen LogP contribution in [0.1, 0.15) is 0 Å². The van der Waals surface area contributed by atoms with Gasteiger partial charge in [0.1, 0.15) is 11.2 Å². The minimum atomic E-state index is 0.872. The zero-order chi connectivity index (χ0) is 37.7. The molecule has 0 saturated heterocycles. The molecule has 0 atom stereocenters. The van der Waals surface area contributed by atoms with Crippen LogP contribution >= 0.6 is 0 Å². The maximum atomic E-state index is 6.77. The Labute approximate surface area is 330 Å². The smallest absolute Gasteiger partial charge is 0.143 e. The summed E-state index contributed by atoms with van der Waals surface area (Å²) in [5.41, 5.74) is 15.3. The van der Waals surface area contributed by atoms with Gasteiger partial charge in [0.2, 0.25) is 0 Å². The predicted octanol–water partition coefficient (Wildman–Crippen LogP) is 15.2. The molecule has 0 aliphatic heterocycles. The Hall–Kier alpha value is -7.62. The van der Waals surface area contributed by atoms with Crippen LogP contribution in [0, 0.1) is 0 Å². The highest BCUT2D eigenvalue weighted by Gasteiger charge is 2.21. The summed E-state index contributed by atoms with van der Waals surface area (Å²) in [6, 6.07) is 78.1. The van der Waals surface area contributed by atoms with Gasteiger partial charge in [0, 0.05) is 49.9 Å². The first-order valence-electron chi connectivity index (χ1n) is 19.4. The van der Waals surface area contributed by atoms with E-state index in [0.717, 1.165) is 61.3 Å². The van der Waals surface area contributed by atoms with E-state index in [4.69, 9.17) is 4.42 Å². The summed E-state index contributed by atoms with van der Waals surface area (Å²) in [7, 11) is 0. The quantitative estimate of drug-likeness (QED) is 0.163. The molecule has 9 aromatic carbocycles. The average molecular weight is 729 g/mol. The maximum Gasteiger partial charge on any atom is 0.143 e. The molecule has 2 heterocycles. The first kappa shape index (κ1) is 32.8. The van der Waals surface area contributed by atoms with Crippen molar-refractivity contribution < 1.29 is 4.42 Å². The first-order chi connectivity index (χ1) is 28.3. The van der Waals surface area contributed by atoms with Gasteiger partial charge >= 0.3 is 0 Å². The minimum Gasteiger partial charge on any atom is -0.455 e. The number of anilines is 3. The van der Waals surface area contributed by atoms with Crippen LogP contribution in [0.25, 0.3) is 82.8 Å². The summed E-state index contributed by atoms with van der Waals surface area (Å²) in [4.78, 5) is 2.37. The molecule has 0 radical (unpaired) electrons. The molecule has 57 heavy (non-hydrogen) atoms. The molecule has 0 spiro atoms. The van der Waals surface area contributed by atoms with Crippen molar-refractivity contribution in [1.29, 1.82) is 0 Å². The molecule has 0 N–H and O–H groups in total. The number of para-hydroxylation sites is 3. The summed E-state index contributed by atoms with van der Waals surface area (Å²) in [5.74, 6) is 0. The second kappa shape index (κ2) is 13.6. The normalized spacial score (nSPS) is 11.5. The number of aromatic nitrogens is 1. The number of furan rings is 1. The van der Waals surface area contributed by atoms with Crippen molar-refractivity contribution in [3.05, 3.63) is 218 Å². The van der Waals surface area contributed by atoms with Gasteiger partial charge in [-0.25, -0.2) is 0 Å². The molecule has 0 aliphatic rings. The van der Waals surface area contributed by atoms with Gasteiger partial charge < -0.3 is 13.9 Å². The fraction of sp³-hybridized carbons (Fsp3) is 0. The summed E-state index contributed by atoms with van der Waals surface area (Å²) >= 11 is 0. The number of hydrogen-bond donors (Lipinski definition) is 0. The lowest BCUT2D eigenvalue weighted by Crippen LogP contribution is -2.10. The van der Waals surface area contributed by atoms with E-state index < -0.39 is 0 Å². The molecule has 0 fully saturated rings. The van der Waals surface area contributed by atoms with Crippen LogP contribution in [-0.4, -0.2) is 4.57 Å². The predicted molar refractivity (Wildman–Crippen MR) is 239 cm³/mol. The molecule has 3 nitrogen and oxygen atoms in total. The van der Waals surface area contributed by atoms with Crippen molar-refractivity contribution >= 4 is 60.8 Å². The van der Waals surface area contributed by atoms with Crippen LogP contribution in [0.5, 0.6) is 0 Å². The monoisotopic (exact) mass is 728 g/mol. The van der Waals surface area contributed by atoms with Crippen LogP contribution in [0.4, 0.5) is 17.1 Å². The second-order valence-electron chi connectivity index (χ2n) is 14.5. The first-order valence-corrected chi connectivity index (χ1v) is 19.4. The number of benzene rings is 9. The Morgan fingerprint density at radius 3 is 1.49 bits per heavy atom. The Morgan fingerprint density at radius 2 is 0.842 bits per heavy atom. The van der Waals surface area contributed by atoms with E-state index in [9.17, 15) is 0 Å². The lowest BCUT2D eigenvalue weighted by atomic mass is 9.98. The number of nitrogens with zero attached hydrogens (tertiary/aromatic N) is 2. The molecule has 0 amide bonds. The third-order valence-electron chi connectivity index (χ3n) is 11.2. The topological polar surface area (TPSA) is 21.3 Å². The van der Waals surface area contributed by atoms with Gasteiger partial charge in [-0.3, -0.25) is 0 Å². The highest BCUT2D eigenvalue weighted by Crippen LogP contribution is 2.45. The zero-order valence-electron chi connectivity index (χ0n) is 31.1. The molecule has 11 aromatic rings. The van der Waals surface area contributed by atoms with Crippen LogP contribution in [0.2, 0.25) is 0 Å². The summed E-state index contributed by atoms with van der Waals surface area (Å²) < 4.78 is 9.15. The number of hydrogen-bond acceptors (Lipinski definition) is 2. The van der Waals surface area contributed by atoms with Gasteiger partial charge in [-0.05, 0) is 94.5 Å². The van der Waals surface area contributed by atoms with Crippen molar-refractivity contribution in [2.45, 2.75) is 0 Å². The van der Waals surface area contributed by atoms with E-state index in [0.29, 0.717) is 0 Å². The molecule has 0 bridgehead atoms. The third-order valence-corrected chi connectivity index (χ3v) is 11.2. The highest BCUT2D eigenvalue weighted by atomic mass is 16.3. The Morgan fingerprint density at radius 1 is 0.333 bits per heavy atom. The summed E-state index contributed by atoms with van der Waals surface area (Å²) in [6.07, 6.45) is 0. The fourth-order valence-electron chi connectivity index (χ4n) is 8.46. The van der Waals surface area contributed by atoms with Crippen LogP contribution in [-0.2, 0) is 0 Å². The Balaban J connectivity index is 1.15. The van der Waals surface area contributed by atoms with Crippen molar-refractivity contribution in [3.63, 3.8) is 0 Å². The van der Waals surface area contributed by atoms with Crippen LogP contribution in [0.15, 0.2) is 223 Å². The molecule has 0 saturated carbocycles. The minimum absolute atomic E-state index is 0.872. The summed E-state index contributed by atoms with van der Waals surface area (Å²) in [5, 5.41) is 4.62. The molecule has 11 rings (SSSR count). The van der Waals surface area contributed by atoms with Crippen molar-refractivity contribution in [2.75, 3.05) is 4.90 Å². The van der Waals surface area contributed by atoms with Gasteiger partial charge in [0.15, 0.2) is 0 Å². The van der Waals surface area contributed by atoms with Crippen molar-refractivity contribution in [1.82, 2.24) is 4.57 Å². The van der Waals surface area contributed by atoms with E-state index in [2.05, 4.69) is 222 Å². The van der Waals surface area contributed by atoms with E-state index in [1.807, 2.05) is 6.07 Å². The van der Waals surface area contributed by atoms with Gasteiger partial charge in [-0.1, -0.05) is 152 Å². The average Bonchev–Trinajstić information content (AvgIpc) is 3.83. The van der Waals surface area contributed by atoms with Gasteiger partial charge in [-0.15, -0.1) is 0 Å². The van der Waals surface area contributed by atoms with E-state index in [-0.39, 0.29) is 0 Å². The molecule has 0 aliphatic carbocycles. The Kier molecular flexibility index (Phi) is 7.82. The third kappa shape index (κ3) is 5.68. The van der Waals surface area contributed by atoms with Crippen LogP contribution in [0.3, 0.4) is 0 Å². The number of rotatable bonds is 7. The molecule has 2 aromatic heterocycles. The zero-order valence-corrected chi connectivity index (χ0v) is 31.1. The van der Waals surface area contributed by atoms with E-state index in [1.54, 1.807) is 0 Å². The lowest BCUT2D eigenvalue weighted by Gasteiger charge is -2.27. The largest absolute Gasteiger partial charge is 0.455 e. The van der Waals surface area contributed by atoms with Crippen molar-refractivity contribution in [2.24, 2.45) is 0 Å². The molecular formula is C54H36N2O. The summed E-state index contributed by atoms with van der Waals surface area (Å²) in [6.45, 7) is 0. The molecule has 268 valence electrons. The number of fused-ring (bicyclic) bond motifs is 6. The standard InChI is InChI=1S/C54H36N2O/c1-4-14-37(15-5-1)39-24-29-43(30-25-39)55(44-31-26-40(27-32-44)38-16-6-2-7-17-38)45-35-49(54-50(36-45)48-21-11-13-23-53(48)57-54)41-28-33-47-46-20-10-12-22-51(46)56(52(47)34-41)42-18-8-3-9-19-42/h1-36H. The molecular weight excluding hydrogens is 693 g/mol. The van der Waals surface area contributed by atoms with Crippen LogP contribution < -0.4 is 4.90 Å². The molecule has 0 unspecified atom stereocenters. The Bertz CT molecular complexity index is 3120. The van der Waals surface area contributed by atoms with E-state index in [1.165, 1.54) is 38.5 Å². The van der Waals surface area contributed by atoms with E-state index >= 15 is 0 Å². The SMILES string of the molecule is c1ccc(-c2ccc(N(c3ccc(-c4ccccc4)cc3)c3cc(-c4ccc5c6ccccc6n(-c6ccccc6)c5c4)c4oc5ccccc5c4c3)cc2)cc1. The van der Waals surface area contributed by atoms with Gasteiger partial charge in [0.05, 0.1) is 11.0 Å². The van der Waals surface area contributed by atoms with Crippen molar-refractivity contribution in [3.8, 4) is 39.1 Å².